The summed E-state index contributed by atoms with van der Waals surface area (Å²) in [6, 6.07) is 6.87. The molecule has 0 aliphatic heterocycles. The number of nitrogens with zero attached hydrogens (tertiary/aromatic N) is 3. The molecule has 0 saturated heterocycles. The van der Waals surface area contributed by atoms with E-state index in [9.17, 15) is 9.90 Å². The average molecular weight is 323 g/mol. The van der Waals surface area contributed by atoms with Gasteiger partial charge in [-0.2, -0.15) is 0 Å². The predicted octanol–water partition coefficient (Wildman–Crippen LogP) is 2.06. The van der Waals surface area contributed by atoms with Gasteiger partial charge >= 0.3 is 0 Å². The number of para-hydroxylation sites is 1. The molecule has 1 aromatic carbocycles. The Hall–Kier alpha value is -1.92. The number of halogens is 1. The second-order valence-corrected chi connectivity index (χ2v) is 5.89. The summed E-state index contributed by atoms with van der Waals surface area (Å²) >= 11 is 6.09. The highest BCUT2D eigenvalue weighted by Crippen LogP contribution is 2.18. The molecule has 0 bridgehead atoms. The second-order valence-electron chi connectivity index (χ2n) is 5.48. The fourth-order valence-corrected chi connectivity index (χ4v) is 2.35. The third-order valence-electron chi connectivity index (χ3n) is 3.14. The van der Waals surface area contributed by atoms with Crippen LogP contribution in [-0.2, 0) is 0 Å². The van der Waals surface area contributed by atoms with Gasteiger partial charge in [0.2, 0.25) is 0 Å². The molecule has 0 fully saturated rings. The number of benzene rings is 1. The van der Waals surface area contributed by atoms with Crippen LogP contribution in [0.4, 0.5) is 0 Å². The van der Waals surface area contributed by atoms with Crippen molar-refractivity contribution >= 4 is 17.5 Å². The molecular formula is C15H19ClN4O2. The molecule has 6 nitrogen and oxygen atoms in total. The van der Waals surface area contributed by atoms with Crippen LogP contribution in [0.1, 0.15) is 30.8 Å². The van der Waals surface area contributed by atoms with Crippen LogP contribution < -0.4 is 5.32 Å². The molecule has 1 amide bonds. The Kier molecular flexibility index (Phi) is 5.51. The van der Waals surface area contributed by atoms with Gasteiger partial charge in [0.1, 0.15) is 0 Å². The Morgan fingerprint density at radius 1 is 1.41 bits per heavy atom. The first-order chi connectivity index (χ1) is 10.5. The summed E-state index contributed by atoms with van der Waals surface area (Å²) in [4.78, 5) is 12.2. The molecule has 2 rings (SSSR count). The number of aromatic nitrogens is 3. The maximum atomic E-state index is 12.2. The average Bonchev–Trinajstić information content (AvgIpc) is 2.96. The van der Waals surface area contributed by atoms with E-state index >= 15 is 0 Å². The minimum Gasteiger partial charge on any atom is -0.394 e. The number of hydrogen-bond acceptors (Lipinski definition) is 4. The first-order valence-electron chi connectivity index (χ1n) is 7.10. The Morgan fingerprint density at radius 2 is 2.14 bits per heavy atom. The van der Waals surface area contributed by atoms with Gasteiger partial charge in [-0.05, 0) is 24.5 Å². The van der Waals surface area contributed by atoms with Gasteiger partial charge in [0.05, 0.1) is 29.6 Å². The maximum absolute atomic E-state index is 12.2. The third kappa shape index (κ3) is 4.05. The first kappa shape index (κ1) is 16.5. The van der Waals surface area contributed by atoms with E-state index in [1.807, 2.05) is 26.0 Å². The predicted molar refractivity (Wildman–Crippen MR) is 84.2 cm³/mol. The van der Waals surface area contributed by atoms with Crippen LogP contribution in [0, 0.1) is 5.92 Å². The molecular weight excluding hydrogens is 304 g/mol. The monoisotopic (exact) mass is 322 g/mol. The first-order valence-corrected chi connectivity index (χ1v) is 7.48. The smallest absolute Gasteiger partial charge is 0.273 e. The van der Waals surface area contributed by atoms with E-state index in [1.54, 1.807) is 12.1 Å². The molecule has 2 N–H and O–H groups in total. The van der Waals surface area contributed by atoms with Gasteiger partial charge < -0.3 is 10.4 Å². The zero-order valence-electron chi connectivity index (χ0n) is 12.5. The van der Waals surface area contributed by atoms with Crippen molar-refractivity contribution in [2.45, 2.75) is 26.3 Å². The summed E-state index contributed by atoms with van der Waals surface area (Å²) < 4.78 is 1.45. The number of carbonyl (C=O) groups is 1. The van der Waals surface area contributed by atoms with Gasteiger partial charge in [0.25, 0.3) is 5.91 Å². The standard InChI is InChI=1S/C15H19ClN4O2/c1-10(2)7-11(9-21)17-15(22)13-8-20(19-18-13)14-6-4-3-5-12(14)16/h3-6,8,10-11,21H,7,9H2,1-2H3,(H,17,22). The van der Waals surface area contributed by atoms with Crippen molar-refractivity contribution in [3.8, 4) is 5.69 Å². The van der Waals surface area contributed by atoms with Crippen molar-refractivity contribution in [1.29, 1.82) is 0 Å². The molecule has 2 aromatic rings. The minimum absolute atomic E-state index is 0.109. The van der Waals surface area contributed by atoms with Gasteiger partial charge in [-0.3, -0.25) is 4.79 Å². The molecule has 0 saturated carbocycles. The van der Waals surface area contributed by atoms with Crippen LogP contribution in [0.15, 0.2) is 30.5 Å². The summed E-state index contributed by atoms with van der Waals surface area (Å²) in [7, 11) is 0. The zero-order chi connectivity index (χ0) is 16.1. The second kappa shape index (κ2) is 7.38. The molecule has 1 atom stereocenters. The van der Waals surface area contributed by atoms with Gasteiger partial charge in [-0.25, -0.2) is 4.68 Å². The quantitative estimate of drug-likeness (QED) is 0.853. The number of aliphatic hydroxyl groups excluding tert-OH is 1. The highest BCUT2D eigenvalue weighted by molar-refractivity contribution is 6.32. The fourth-order valence-electron chi connectivity index (χ4n) is 2.13. The summed E-state index contributed by atoms with van der Waals surface area (Å²) in [6.45, 7) is 3.95. The van der Waals surface area contributed by atoms with Crippen LogP contribution in [0.5, 0.6) is 0 Å². The van der Waals surface area contributed by atoms with E-state index in [1.165, 1.54) is 10.9 Å². The largest absolute Gasteiger partial charge is 0.394 e. The van der Waals surface area contributed by atoms with E-state index in [4.69, 9.17) is 11.6 Å². The molecule has 118 valence electrons. The van der Waals surface area contributed by atoms with Crippen molar-refractivity contribution in [2.24, 2.45) is 5.92 Å². The van der Waals surface area contributed by atoms with Gasteiger partial charge in [-0.1, -0.05) is 42.8 Å². The molecule has 22 heavy (non-hydrogen) atoms. The van der Waals surface area contributed by atoms with Gasteiger partial charge in [0, 0.05) is 0 Å². The lowest BCUT2D eigenvalue weighted by atomic mass is 10.0. The number of amides is 1. The number of carbonyl (C=O) groups excluding carboxylic acids is 1. The Morgan fingerprint density at radius 3 is 2.77 bits per heavy atom. The number of rotatable bonds is 6. The van der Waals surface area contributed by atoms with E-state index < -0.39 is 0 Å². The molecule has 0 spiro atoms. The summed E-state index contributed by atoms with van der Waals surface area (Å²) in [5.41, 5.74) is 0.832. The topological polar surface area (TPSA) is 80.0 Å². The summed E-state index contributed by atoms with van der Waals surface area (Å²) in [5.74, 6) is 0.00858. The zero-order valence-corrected chi connectivity index (χ0v) is 13.3. The minimum atomic E-state index is -0.363. The Balaban J connectivity index is 2.11. The Labute approximate surface area is 134 Å². The maximum Gasteiger partial charge on any atom is 0.273 e. The highest BCUT2D eigenvalue weighted by Gasteiger charge is 2.17. The molecule has 0 radical (unpaired) electrons. The lowest BCUT2D eigenvalue weighted by Gasteiger charge is -2.17. The van der Waals surface area contributed by atoms with Crippen LogP contribution in [0.3, 0.4) is 0 Å². The van der Waals surface area contributed by atoms with Crippen molar-refractivity contribution < 1.29 is 9.90 Å². The van der Waals surface area contributed by atoms with Crippen LogP contribution in [0.25, 0.3) is 5.69 Å². The summed E-state index contributed by atoms with van der Waals surface area (Å²) in [6.07, 6.45) is 2.21. The van der Waals surface area contributed by atoms with Crippen molar-refractivity contribution in [2.75, 3.05) is 6.61 Å². The van der Waals surface area contributed by atoms with Crippen molar-refractivity contribution in [3.63, 3.8) is 0 Å². The lowest BCUT2D eigenvalue weighted by Crippen LogP contribution is -2.38. The SMILES string of the molecule is CC(C)CC(CO)NC(=O)c1cn(-c2ccccc2Cl)nn1. The van der Waals surface area contributed by atoms with Gasteiger partial charge in [-0.15, -0.1) is 5.10 Å². The van der Waals surface area contributed by atoms with Crippen molar-refractivity contribution in [3.05, 3.63) is 41.2 Å². The number of nitrogens with one attached hydrogen (secondary N) is 1. The molecule has 1 unspecified atom stereocenters. The van der Waals surface area contributed by atoms with Gasteiger partial charge in [0.15, 0.2) is 5.69 Å². The lowest BCUT2D eigenvalue weighted by molar-refractivity contribution is 0.0903. The van der Waals surface area contributed by atoms with E-state index in [-0.39, 0.29) is 24.2 Å². The van der Waals surface area contributed by atoms with Crippen LogP contribution in [0.2, 0.25) is 5.02 Å². The third-order valence-corrected chi connectivity index (χ3v) is 3.46. The van der Waals surface area contributed by atoms with Crippen LogP contribution in [-0.4, -0.2) is 38.7 Å². The van der Waals surface area contributed by atoms with Crippen molar-refractivity contribution in [1.82, 2.24) is 20.3 Å². The van der Waals surface area contributed by atoms with E-state index in [0.717, 1.165) is 0 Å². The Bertz CT molecular complexity index is 642. The number of hydrogen-bond donors (Lipinski definition) is 2. The summed E-state index contributed by atoms with van der Waals surface area (Å²) in [5, 5.41) is 20.4. The molecule has 1 aromatic heterocycles. The number of aliphatic hydroxyl groups is 1. The normalized spacial score (nSPS) is 12.4. The van der Waals surface area contributed by atoms with E-state index in [2.05, 4.69) is 15.6 Å². The van der Waals surface area contributed by atoms with E-state index in [0.29, 0.717) is 23.0 Å². The molecule has 7 heteroatoms. The molecule has 1 heterocycles. The molecule has 0 aliphatic carbocycles. The van der Waals surface area contributed by atoms with Crippen LogP contribution >= 0.6 is 11.6 Å². The highest BCUT2D eigenvalue weighted by atomic mass is 35.5. The molecule has 0 aliphatic rings. The fraction of sp³-hybridized carbons (Fsp3) is 0.400.